The average molecular weight is 413 g/mol. The molecular formula is C19H17F2N7S. The van der Waals surface area contributed by atoms with E-state index in [1.165, 1.54) is 0 Å². The first-order valence-electron chi connectivity index (χ1n) is 8.76. The minimum absolute atomic E-state index is 0.0447. The van der Waals surface area contributed by atoms with Gasteiger partial charge in [-0.05, 0) is 31.2 Å². The quantitative estimate of drug-likeness (QED) is 0.439. The maximum atomic E-state index is 13.7. The van der Waals surface area contributed by atoms with Gasteiger partial charge in [0.25, 0.3) is 0 Å². The van der Waals surface area contributed by atoms with Crippen LogP contribution < -0.4 is 11.1 Å². The summed E-state index contributed by atoms with van der Waals surface area (Å²) in [5.74, 6) is 0.700. The molecule has 0 bridgehead atoms. The van der Waals surface area contributed by atoms with Gasteiger partial charge in [0, 0.05) is 5.69 Å². The van der Waals surface area contributed by atoms with Crippen LogP contribution in [0, 0.1) is 0 Å². The van der Waals surface area contributed by atoms with Crippen LogP contribution in [-0.4, -0.2) is 24.5 Å². The zero-order chi connectivity index (χ0) is 20.4. The SMILES string of the molecule is CC(Sc1nc2ccccc2n1C(F)F)c1nc(N)nc(Nc2ccccc2)n1. The summed E-state index contributed by atoms with van der Waals surface area (Å²) >= 11 is 1.14. The van der Waals surface area contributed by atoms with Crippen molar-refractivity contribution in [2.24, 2.45) is 0 Å². The zero-order valence-corrected chi connectivity index (χ0v) is 16.1. The second kappa shape index (κ2) is 8.00. The number of nitrogens with one attached hydrogen (secondary N) is 1. The summed E-state index contributed by atoms with van der Waals surface area (Å²) in [6.07, 6.45) is 0. The van der Waals surface area contributed by atoms with Crippen molar-refractivity contribution in [1.82, 2.24) is 24.5 Å². The van der Waals surface area contributed by atoms with E-state index in [1.54, 1.807) is 31.2 Å². The van der Waals surface area contributed by atoms with Crippen molar-refractivity contribution in [3.8, 4) is 0 Å². The van der Waals surface area contributed by atoms with Gasteiger partial charge in [0.1, 0.15) is 5.82 Å². The molecule has 0 saturated heterocycles. The van der Waals surface area contributed by atoms with Gasteiger partial charge in [0.05, 0.1) is 16.3 Å². The van der Waals surface area contributed by atoms with Gasteiger partial charge in [-0.15, -0.1) is 0 Å². The van der Waals surface area contributed by atoms with Crippen molar-refractivity contribution >= 4 is 40.4 Å². The number of rotatable bonds is 6. The second-order valence-corrected chi connectivity index (χ2v) is 7.47. The van der Waals surface area contributed by atoms with Crippen molar-refractivity contribution < 1.29 is 8.78 Å². The number of anilines is 3. The molecule has 29 heavy (non-hydrogen) atoms. The molecule has 3 N–H and O–H groups in total. The fourth-order valence-corrected chi connectivity index (χ4v) is 3.77. The zero-order valence-electron chi connectivity index (χ0n) is 15.3. The maximum absolute atomic E-state index is 13.7. The minimum atomic E-state index is -2.71. The topological polar surface area (TPSA) is 94.5 Å². The normalized spacial score (nSPS) is 12.4. The van der Waals surface area contributed by atoms with Gasteiger partial charge < -0.3 is 11.1 Å². The number of nitrogens with two attached hydrogens (primary N) is 1. The molecule has 2 heterocycles. The third-order valence-corrected chi connectivity index (χ3v) is 5.17. The number of nitrogen functional groups attached to an aromatic ring is 1. The van der Waals surface area contributed by atoms with Gasteiger partial charge >= 0.3 is 6.55 Å². The molecule has 0 aliphatic heterocycles. The number of aromatic nitrogens is 5. The van der Waals surface area contributed by atoms with Crippen LogP contribution in [0.3, 0.4) is 0 Å². The fourth-order valence-electron chi connectivity index (χ4n) is 2.80. The van der Waals surface area contributed by atoms with Crippen LogP contribution >= 0.6 is 11.8 Å². The molecule has 7 nitrogen and oxygen atoms in total. The lowest BCUT2D eigenvalue weighted by atomic mass is 10.3. The number of imidazole rings is 1. The van der Waals surface area contributed by atoms with Gasteiger partial charge in [0.15, 0.2) is 5.16 Å². The molecule has 0 spiro atoms. The monoisotopic (exact) mass is 413 g/mol. The molecule has 0 amide bonds. The number of alkyl halides is 2. The fraction of sp³-hybridized carbons (Fsp3) is 0.158. The largest absolute Gasteiger partial charge is 0.368 e. The lowest BCUT2D eigenvalue weighted by Gasteiger charge is -2.13. The number of hydrogen-bond acceptors (Lipinski definition) is 7. The molecule has 1 unspecified atom stereocenters. The molecule has 0 aliphatic rings. The van der Waals surface area contributed by atoms with E-state index in [2.05, 4.69) is 25.3 Å². The van der Waals surface area contributed by atoms with E-state index in [4.69, 9.17) is 5.73 Å². The van der Waals surface area contributed by atoms with Crippen LogP contribution in [0.15, 0.2) is 59.8 Å². The van der Waals surface area contributed by atoms with Gasteiger partial charge in [-0.25, -0.2) is 4.98 Å². The lowest BCUT2D eigenvalue weighted by molar-refractivity contribution is 0.0656. The van der Waals surface area contributed by atoms with Gasteiger partial charge in [-0.3, -0.25) is 4.57 Å². The molecule has 10 heteroatoms. The highest BCUT2D eigenvalue weighted by Gasteiger charge is 2.22. The van der Waals surface area contributed by atoms with Crippen LogP contribution in [-0.2, 0) is 0 Å². The molecule has 0 radical (unpaired) electrons. The molecular weight excluding hydrogens is 396 g/mol. The van der Waals surface area contributed by atoms with Crippen LogP contribution in [0.25, 0.3) is 11.0 Å². The molecule has 2 aromatic carbocycles. The number of hydrogen-bond donors (Lipinski definition) is 2. The number of thioether (sulfide) groups is 1. The molecule has 0 aliphatic carbocycles. The van der Waals surface area contributed by atoms with E-state index < -0.39 is 6.55 Å². The van der Waals surface area contributed by atoms with Gasteiger partial charge in [-0.1, -0.05) is 42.1 Å². The molecule has 4 rings (SSSR count). The standard InChI is InChI=1S/C19H17F2N7S/c1-11(29-19-24-13-9-5-6-10-14(13)28(19)16(20)21)15-25-17(22)27-18(26-15)23-12-7-3-2-4-8-12/h2-11,16H,1H3,(H3,22,23,25,26,27). The first-order chi connectivity index (χ1) is 14.0. The Kier molecular flexibility index (Phi) is 5.26. The van der Waals surface area contributed by atoms with Crippen LogP contribution in [0.4, 0.5) is 26.4 Å². The molecule has 148 valence electrons. The Hall–Kier alpha value is -3.27. The second-order valence-electron chi connectivity index (χ2n) is 6.16. The summed E-state index contributed by atoms with van der Waals surface area (Å²) in [6, 6.07) is 16.2. The summed E-state index contributed by atoms with van der Waals surface area (Å²) in [6.45, 7) is -0.906. The van der Waals surface area contributed by atoms with Crippen molar-refractivity contribution in [1.29, 1.82) is 0 Å². The van der Waals surface area contributed by atoms with E-state index in [-0.39, 0.29) is 22.3 Å². The van der Waals surface area contributed by atoms with E-state index in [9.17, 15) is 8.78 Å². The van der Waals surface area contributed by atoms with E-state index in [1.807, 2.05) is 30.3 Å². The Labute approximate surface area is 169 Å². The number of benzene rings is 2. The van der Waals surface area contributed by atoms with Crippen LogP contribution in [0.5, 0.6) is 0 Å². The Bertz CT molecular complexity index is 1130. The smallest absolute Gasteiger partial charge is 0.321 e. The Balaban J connectivity index is 1.63. The highest BCUT2D eigenvalue weighted by molar-refractivity contribution is 7.99. The first-order valence-corrected chi connectivity index (χ1v) is 9.64. The summed E-state index contributed by atoms with van der Waals surface area (Å²) in [5, 5.41) is 2.86. The summed E-state index contributed by atoms with van der Waals surface area (Å²) in [4.78, 5) is 17.0. The third kappa shape index (κ3) is 4.11. The third-order valence-electron chi connectivity index (χ3n) is 4.10. The first kappa shape index (κ1) is 19.1. The number of halogens is 2. The van der Waals surface area contributed by atoms with Crippen molar-refractivity contribution in [2.45, 2.75) is 23.9 Å². The number of nitrogens with zero attached hydrogens (tertiary/aromatic N) is 5. The summed E-state index contributed by atoms with van der Waals surface area (Å²) < 4.78 is 28.2. The predicted molar refractivity (Wildman–Crippen MR) is 109 cm³/mol. The molecule has 2 aromatic heterocycles. The molecule has 0 saturated carbocycles. The van der Waals surface area contributed by atoms with Crippen molar-refractivity contribution in [2.75, 3.05) is 11.1 Å². The van der Waals surface area contributed by atoms with Gasteiger partial charge in [0.2, 0.25) is 11.9 Å². The molecule has 4 aromatic rings. The average Bonchev–Trinajstić information content (AvgIpc) is 3.06. The minimum Gasteiger partial charge on any atom is -0.368 e. The Morgan fingerprint density at radius 2 is 1.69 bits per heavy atom. The summed E-state index contributed by atoms with van der Waals surface area (Å²) in [5.41, 5.74) is 7.50. The molecule has 0 fully saturated rings. The summed E-state index contributed by atoms with van der Waals surface area (Å²) in [7, 11) is 0. The number of para-hydroxylation sites is 3. The predicted octanol–water partition coefficient (Wildman–Crippen LogP) is 4.80. The maximum Gasteiger partial charge on any atom is 0.321 e. The highest BCUT2D eigenvalue weighted by Crippen LogP contribution is 2.37. The van der Waals surface area contributed by atoms with E-state index in [0.717, 1.165) is 22.0 Å². The van der Waals surface area contributed by atoms with Crippen molar-refractivity contribution in [3.63, 3.8) is 0 Å². The van der Waals surface area contributed by atoms with E-state index in [0.29, 0.717) is 16.9 Å². The van der Waals surface area contributed by atoms with E-state index >= 15 is 0 Å². The highest BCUT2D eigenvalue weighted by atomic mass is 32.2. The van der Waals surface area contributed by atoms with Crippen LogP contribution in [0.2, 0.25) is 0 Å². The van der Waals surface area contributed by atoms with Crippen LogP contribution in [0.1, 0.15) is 24.5 Å². The molecule has 1 atom stereocenters. The Morgan fingerprint density at radius 1 is 0.966 bits per heavy atom. The van der Waals surface area contributed by atoms with Crippen molar-refractivity contribution in [3.05, 3.63) is 60.4 Å². The lowest BCUT2D eigenvalue weighted by Crippen LogP contribution is -2.09. The Morgan fingerprint density at radius 3 is 2.45 bits per heavy atom. The number of fused-ring (bicyclic) bond motifs is 1. The van der Waals surface area contributed by atoms with Gasteiger partial charge in [-0.2, -0.15) is 23.7 Å².